The van der Waals surface area contributed by atoms with Crippen LogP contribution in [-0.4, -0.2) is 34.1 Å². The molecule has 6 nitrogen and oxygen atoms in total. The first-order valence-corrected chi connectivity index (χ1v) is 8.96. The van der Waals surface area contributed by atoms with E-state index in [1.54, 1.807) is 30.7 Å². The fourth-order valence-corrected chi connectivity index (χ4v) is 2.98. The Balaban J connectivity index is 1.61. The summed E-state index contributed by atoms with van der Waals surface area (Å²) in [7, 11) is 0. The lowest BCUT2D eigenvalue weighted by Gasteiger charge is -2.16. The molecule has 0 saturated carbocycles. The van der Waals surface area contributed by atoms with Crippen molar-refractivity contribution in [3.8, 4) is 23.0 Å². The highest BCUT2D eigenvalue weighted by Gasteiger charge is 2.16. The maximum atomic E-state index is 13.2. The summed E-state index contributed by atoms with van der Waals surface area (Å²) < 4.78 is 19.1. The third kappa shape index (κ3) is 4.38. The van der Waals surface area contributed by atoms with Gasteiger partial charge in [-0.25, -0.2) is 9.37 Å². The minimum Gasteiger partial charge on any atom is -0.437 e. The number of halogens is 1. The van der Waals surface area contributed by atoms with Gasteiger partial charge >= 0.3 is 0 Å². The van der Waals surface area contributed by atoms with E-state index in [4.69, 9.17) is 4.74 Å². The first kappa shape index (κ1) is 17.4. The van der Waals surface area contributed by atoms with Crippen molar-refractivity contribution < 1.29 is 9.13 Å². The molecule has 0 radical (unpaired) electrons. The molecule has 1 fully saturated rings. The number of rotatable bonds is 6. The van der Waals surface area contributed by atoms with Crippen molar-refractivity contribution in [1.29, 1.82) is 0 Å². The van der Waals surface area contributed by atoms with Crippen LogP contribution in [0.15, 0.2) is 55.0 Å². The van der Waals surface area contributed by atoms with Gasteiger partial charge in [-0.05, 0) is 55.8 Å². The summed E-state index contributed by atoms with van der Waals surface area (Å²) in [6, 6.07) is 9.99. The molecule has 4 rings (SSSR count). The summed E-state index contributed by atoms with van der Waals surface area (Å²) in [5.41, 5.74) is 1.49. The van der Waals surface area contributed by atoms with E-state index in [9.17, 15) is 4.39 Å². The number of aromatic nitrogens is 3. The van der Waals surface area contributed by atoms with Crippen LogP contribution in [0.25, 0.3) is 11.4 Å². The Kier molecular flexibility index (Phi) is 5.20. The smallest absolute Gasteiger partial charge is 0.246 e. The predicted octanol–water partition coefficient (Wildman–Crippen LogP) is 3.63. The van der Waals surface area contributed by atoms with Gasteiger partial charge in [-0.15, -0.1) is 0 Å². The fraction of sp³-hybridized carbons (Fsp3) is 0.250. The Bertz CT molecular complexity index is 883. The molecule has 1 aromatic carbocycles. The van der Waals surface area contributed by atoms with Crippen molar-refractivity contribution >= 4 is 5.69 Å². The summed E-state index contributed by atoms with van der Waals surface area (Å²) in [4.78, 5) is 13.1. The van der Waals surface area contributed by atoms with Gasteiger partial charge < -0.3 is 15.4 Å². The fourth-order valence-electron chi connectivity index (χ4n) is 2.98. The number of hydrogen-bond acceptors (Lipinski definition) is 6. The molecule has 0 aliphatic carbocycles. The minimum absolute atomic E-state index is 0.313. The van der Waals surface area contributed by atoms with Crippen LogP contribution in [-0.2, 0) is 0 Å². The molecule has 27 heavy (non-hydrogen) atoms. The number of pyridine rings is 1. The monoisotopic (exact) mass is 365 g/mol. The predicted molar refractivity (Wildman–Crippen MR) is 101 cm³/mol. The van der Waals surface area contributed by atoms with Crippen LogP contribution < -0.4 is 15.4 Å². The highest BCUT2D eigenvalue weighted by Crippen LogP contribution is 2.29. The molecule has 0 unspecified atom stereocenters. The first-order valence-electron chi connectivity index (χ1n) is 8.96. The number of hydrogen-bond donors (Lipinski definition) is 2. The van der Waals surface area contributed by atoms with Crippen LogP contribution in [0.2, 0.25) is 0 Å². The average molecular weight is 365 g/mol. The highest BCUT2D eigenvalue weighted by atomic mass is 19.1. The summed E-state index contributed by atoms with van der Waals surface area (Å²) in [5, 5.41) is 6.81. The van der Waals surface area contributed by atoms with Gasteiger partial charge in [-0.3, -0.25) is 4.98 Å². The lowest BCUT2D eigenvalue weighted by molar-refractivity contribution is 0.462. The molecule has 0 spiro atoms. The molecular formula is C20H20FN5O. The molecule has 1 aliphatic heterocycles. The number of benzene rings is 1. The van der Waals surface area contributed by atoms with E-state index in [1.807, 2.05) is 12.1 Å². The Morgan fingerprint density at radius 1 is 1.19 bits per heavy atom. The van der Waals surface area contributed by atoms with Gasteiger partial charge in [0, 0.05) is 30.5 Å². The molecule has 0 amide bonds. The van der Waals surface area contributed by atoms with Crippen LogP contribution in [0.3, 0.4) is 0 Å². The van der Waals surface area contributed by atoms with Gasteiger partial charge in [0.1, 0.15) is 17.3 Å². The summed E-state index contributed by atoms with van der Waals surface area (Å²) in [6.07, 6.45) is 7.43. The van der Waals surface area contributed by atoms with E-state index in [1.165, 1.54) is 18.6 Å². The number of anilines is 1. The summed E-state index contributed by atoms with van der Waals surface area (Å²) in [6.45, 7) is 1.80. The van der Waals surface area contributed by atoms with Crippen LogP contribution in [0.1, 0.15) is 12.8 Å². The zero-order chi connectivity index (χ0) is 18.5. The maximum absolute atomic E-state index is 13.2. The van der Waals surface area contributed by atoms with E-state index >= 15 is 0 Å². The molecule has 3 aromatic rings. The van der Waals surface area contributed by atoms with Crippen molar-refractivity contribution in [3.05, 3.63) is 60.8 Å². The maximum Gasteiger partial charge on any atom is 0.246 e. The summed E-state index contributed by atoms with van der Waals surface area (Å²) >= 11 is 0. The van der Waals surface area contributed by atoms with Gasteiger partial charge in [-0.2, -0.15) is 4.98 Å². The Hall–Kier alpha value is -3.06. The minimum atomic E-state index is -0.313. The molecule has 1 saturated heterocycles. The Labute approximate surface area is 156 Å². The lowest BCUT2D eigenvalue weighted by Crippen LogP contribution is -2.29. The number of ether oxygens (including phenoxy) is 1. The van der Waals surface area contributed by atoms with E-state index < -0.39 is 0 Å². The zero-order valence-corrected chi connectivity index (χ0v) is 14.7. The molecular weight excluding hydrogens is 345 g/mol. The third-order valence-corrected chi connectivity index (χ3v) is 4.40. The molecule has 1 aliphatic rings. The van der Waals surface area contributed by atoms with Crippen LogP contribution in [0.5, 0.6) is 11.6 Å². The van der Waals surface area contributed by atoms with Crippen molar-refractivity contribution in [3.63, 3.8) is 0 Å². The second-order valence-corrected chi connectivity index (χ2v) is 6.38. The average Bonchev–Trinajstić information content (AvgIpc) is 3.23. The molecule has 3 heterocycles. The second kappa shape index (κ2) is 8.09. The van der Waals surface area contributed by atoms with E-state index in [0.717, 1.165) is 25.1 Å². The van der Waals surface area contributed by atoms with Gasteiger partial charge in [-0.1, -0.05) is 0 Å². The van der Waals surface area contributed by atoms with Crippen LogP contribution in [0.4, 0.5) is 10.1 Å². The normalized spacial score (nSPS) is 16.3. The SMILES string of the molecule is Fc1ccc(Oc2nc(-c3cccnc3)ncc2NC[C@@H]2CCCN2)cc1. The van der Waals surface area contributed by atoms with Crippen molar-refractivity contribution in [2.75, 3.05) is 18.4 Å². The van der Waals surface area contributed by atoms with E-state index in [2.05, 4.69) is 25.6 Å². The van der Waals surface area contributed by atoms with Crippen molar-refractivity contribution in [2.24, 2.45) is 0 Å². The molecule has 138 valence electrons. The largest absolute Gasteiger partial charge is 0.437 e. The molecule has 7 heteroatoms. The number of nitrogens with one attached hydrogen (secondary N) is 2. The van der Waals surface area contributed by atoms with Crippen molar-refractivity contribution in [1.82, 2.24) is 20.3 Å². The van der Waals surface area contributed by atoms with Crippen molar-refractivity contribution in [2.45, 2.75) is 18.9 Å². The van der Waals surface area contributed by atoms with Gasteiger partial charge in [0.25, 0.3) is 0 Å². The second-order valence-electron chi connectivity index (χ2n) is 6.38. The molecule has 0 bridgehead atoms. The lowest BCUT2D eigenvalue weighted by atomic mass is 10.2. The third-order valence-electron chi connectivity index (χ3n) is 4.40. The van der Waals surface area contributed by atoms with Crippen LogP contribution >= 0.6 is 0 Å². The topological polar surface area (TPSA) is 72.0 Å². The molecule has 2 aromatic heterocycles. The quantitative estimate of drug-likeness (QED) is 0.695. The standard InChI is InChI=1S/C20H20FN5O/c21-15-5-7-17(8-6-15)27-20-18(24-12-16-4-2-10-23-16)13-25-19(26-20)14-3-1-9-22-11-14/h1,3,5-9,11,13,16,23-24H,2,4,10,12H2/t16-/m0/s1. The Morgan fingerprint density at radius 3 is 2.81 bits per heavy atom. The van der Waals surface area contributed by atoms with E-state index in [-0.39, 0.29) is 5.82 Å². The first-order chi connectivity index (χ1) is 13.3. The summed E-state index contributed by atoms with van der Waals surface area (Å²) in [5.74, 6) is 1.11. The zero-order valence-electron chi connectivity index (χ0n) is 14.7. The van der Waals surface area contributed by atoms with Crippen LogP contribution in [0, 0.1) is 5.82 Å². The van der Waals surface area contributed by atoms with E-state index in [0.29, 0.717) is 29.2 Å². The molecule has 1 atom stereocenters. The van der Waals surface area contributed by atoms with Gasteiger partial charge in [0.05, 0.1) is 6.20 Å². The highest BCUT2D eigenvalue weighted by molar-refractivity contribution is 5.60. The molecule has 2 N–H and O–H groups in total. The van der Waals surface area contributed by atoms with Gasteiger partial charge in [0.15, 0.2) is 5.82 Å². The number of nitrogens with zero attached hydrogens (tertiary/aromatic N) is 3. The Morgan fingerprint density at radius 2 is 2.07 bits per heavy atom. The van der Waals surface area contributed by atoms with Gasteiger partial charge in [0.2, 0.25) is 5.88 Å².